The molecule has 0 saturated carbocycles. The Hall–Kier alpha value is -1.69. The van der Waals surface area contributed by atoms with Crippen molar-refractivity contribution in [3.63, 3.8) is 0 Å². The summed E-state index contributed by atoms with van der Waals surface area (Å²) in [5.74, 6) is 0.570. The number of nitriles is 1. The second-order valence-electron chi connectivity index (χ2n) is 4.01. The Morgan fingerprint density at radius 3 is 2.50 bits per heavy atom. The van der Waals surface area contributed by atoms with E-state index in [2.05, 4.69) is 0 Å². The summed E-state index contributed by atoms with van der Waals surface area (Å²) in [5.41, 5.74) is 0.00248. The van der Waals surface area contributed by atoms with E-state index in [0.717, 1.165) is 0 Å². The standard InChI is InChI=1S/C11H13NO2/c1-11(2,3)14-10-5-4-9(13)6-8(10)7-12/h4-6,13H,1-3H3. The molecule has 0 fully saturated rings. The number of phenolic OH excluding ortho intramolecular Hbond substituents is 1. The topological polar surface area (TPSA) is 53.2 Å². The van der Waals surface area contributed by atoms with Crippen molar-refractivity contribution in [2.75, 3.05) is 0 Å². The molecule has 74 valence electrons. The zero-order valence-electron chi connectivity index (χ0n) is 8.53. The molecule has 3 nitrogen and oxygen atoms in total. The van der Waals surface area contributed by atoms with Gasteiger partial charge in [-0.1, -0.05) is 0 Å². The SMILES string of the molecule is CC(C)(C)Oc1ccc(O)cc1C#N. The number of hydrogen-bond acceptors (Lipinski definition) is 3. The lowest BCUT2D eigenvalue weighted by Crippen LogP contribution is -2.23. The maximum atomic E-state index is 9.16. The van der Waals surface area contributed by atoms with E-state index in [-0.39, 0.29) is 11.4 Å². The van der Waals surface area contributed by atoms with Crippen LogP contribution >= 0.6 is 0 Å². The Kier molecular flexibility index (Phi) is 2.66. The van der Waals surface area contributed by atoms with Gasteiger partial charge < -0.3 is 9.84 Å². The molecule has 0 aliphatic rings. The lowest BCUT2D eigenvalue weighted by Gasteiger charge is -2.21. The van der Waals surface area contributed by atoms with E-state index in [9.17, 15) is 0 Å². The third-order valence-corrected chi connectivity index (χ3v) is 1.50. The van der Waals surface area contributed by atoms with Crippen LogP contribution in [0.3, 0.4) is 0 Å². The largest absolute Gasteiger partial charge is 0.508 e. The number of hydrogen-bond donors (Lipinski definition) is 1. The molecule has 0 atom stereocenters. The predicted octanol–water partition coefficient (Wildman–Crippen LogP) is 2.44. The minimum Gasteiger partial charge on any atom is -0.508 e. The number of nitrogens with zero attached hydrogens (tertiary/aromatic N) is 1. The molecular formula is C11H13NO2. The van der Waals surface area contributed by atoms with Crippen LogP contribution in [0.15, 0.2) is 18.2 Å². The highest BCUT2D eigenvalue weighted by atomic mass is 16.5. The van der Waals surface area contributed by atoms with Gasteiger partial charge in [-0.3, -0.25) is 0 Å². The maximum absolute atomic E-state index is 9.16. The summed E-state index contributed by atoms with van der Waals surface area (Å²) in [6, 6.07) is 6.46. The first kappa shape index (κ1) is 10.4. The first-order valence-electron chi connectivity index (χ1n) is 4.34. The maximum Gasteiger partial charge on any atom is 0.138 e. The lowest BCUT2D eigenvalue weighted by atomic mass is 10.1. The van der Waals surface area contributed by atoms with Gasteiger partial charge in [0.15, 0.2) is 0 Å². The van der Waals surface area contributed by atoms with Crippen LogP contribution < -0.4 is 4.74 Å². The Morgan fingerprint density at radius 1 is 1.36 bits per heavy atom. The van der Waals surface area contributed by atoms with Crippen LogP contribution in [0.2, 0.25) is 0 Å². The molecular weight excluding hydrogens is 178 g/mol. The molecule has 0 aliphatic heterocycles. The van der Waals surface area contributed by atoms with Gasteiger partial charge in [-0.15, -0.1) is 0 Å². The second-order valence-corrected chi connectivity index (χ2v) is 4.01. The minimum absolute atomic E-state index is 0.0720. The van der Waals surface area contributed by atoms with Crippen LogP contribution in [0.25, 0.3) is 0 Å². The molecule has 0 heterocycles. The van der Waals surface area contributed by atoms with Gasteiger partial charge in [0.25, 0.3) is 0 Å². The van der Waals surface area contributed by atoms with Crippen LogP contribution in [0.4, 0.5) is 0 Å². The van der Waals surface area contributed by atoms with Gasteiger partial charge >= 0.3 is 0 Å². The molecule has 0 aliphatic carbocycles. The molecule has 0 amide bonds. The summed E-state index contributed by atoms with van der Waals surface area (Å²) in [7, 11) is 0. The highest BCUT2D eigenvalue weighted by molar-refractivity contribution is 5.47. The monoisotopic (exact) mass is 191 g/mol. The summed E-state index contributed by atoms with van der Waals surface area (Å²) in [6.07, 6.45) is 0. The number of aromatic hydroxyl groups is 1. The number of benzene rings is 1. The van der Waals surface area contributed by atoms with E-state index >= 15 is 0 Å². The summed E-state index contributed by atoms with van der Waals surface area (Å²) in [6.45, 7) is 5.71. The fraction of sp³-hybridized carbons (Fsp3) is 0.364. The van der Waals surface area contributed by atoms with Crippen LogP contribution in [-0.2, 0) is 0 Å². The zero-order valence-corrected chi connectivity index (χ0v) is 8.53. The van der Waals surface area contributed by atoms with Crippen molar-refractivity contribution in [1.29, 1.82) is 5.26 Å². The van der Waals surface area contributed by atoms with Crippen molar-refractivity contribution in [3.05, 3.63) is 23.8 Å². The third-order valence-electron chi connectivity index (χ3n) is 1.50. The number of phenols is 1. The Balaban J connectivity index is 3.05. The van der Waals surface area contributed by atoms with Crippen molar-refractivity contribution < 1.29 is 9.84 Å². The van der Waals surface area contributed by atoms with Crippen LogP contribution in [-0.4, -0.2) is 10.7 Å². The molecule has 1 N–H and O–H groups in total. The summed E-state index contributed by atoms with van der Waals surface area (Å²) in [4.78, 5) is 0. The number of rotatable bonds is 1. The third kappa shape index (κ3) is 2.67. The average Bonchev–Trinajstić information content (AvgIpc) is 2.06. The van der Waals surface area contributed by atoms with Crippen molar-refractivity contribution in [3.8, 4) is 17.6 Å². The normalized spacial score (nSPS) is 10.7. The van der Waals surface area contributed by atoms with Gasteiger partial charge in [0.2, 0.25) is 0 Å². The van der Waals surface area contributed by atoms with E-state index in [4.69, 9.17) is 15.1 Å². The van der Waals surface area contributed by atoms with Gasteiger partial charge in [-0.2, -0.15) is 5.26 Å². The van der Waals surface area contributed by atoms with Gasteiger partial charge in [0.1, 0.15) is 23.2 Å². The van der Waals surface area contributed by atoms with Gasteiger partial charge in [-0.25, -0.2) is 0 Å². The molecule has 1 aromatic carbocycles. The predicted molar refractivity (Wildman–Crippen MR) is 53.2 cm³/mol. The van der Waals surface area contributed by atoms with Crippen LogP contribution in [0.1, 0.15) is 26.3 Å². The van der Waals surface area contributed by atoms with Crippen molar-refractivity contribution >= 4 is 0 Å². The van der Waals surface area contributed by atoms with E-state index in [0.29, 0.717) is 11.3 Å². The molecule has 0 bridgehead atoms. The molecule has 1 rings (SSSR count). The summed E-state index contributed by atoms with van der Waals surface area (Å²) >= 11 is 0. The molecule has 0 radical (unpaired) electrons. The summed E-state index contributed by atoms with van der Waals surface area (Å²) in [5, 5.41) is 18.0. The quantitative estimate of drug-likeness (QED) is 0.741. The molecule has 14 heavy (non-hydrogen) atoms. The van der Waals surface area contributed by atoms with Crippen molar-refractivity contribution in [1.82, 2.24) is 0 Å². The first-order valence-corrected chi connectivity index (χ1v) is 4.34. The zero-order chi connectivity index (χ0) is 10.8. The Bertz CT molecular complexity index is 372. The molecule has 0 spiro atoms. The molecule has 3 heteroatoms. The van der Waals surface area contributed by atoms with Crippen LogP contribution in [0, 0.1) is 11.3 Å². The van der Waals surface area contributed by atoms with Gasteiger partial charge in [0, 0.05) is 6.07 Å². The molecule has 0 aromatic heterocycles. The molecule has 0 saturated heterocycles. The highest BCUT2D eigenvalue weighted by Gasteiger charge is 2.14. The van der Waals surface area contributed by atoms with E-state index in [1.54, 1.807) is 6.07 Å². The van der Waals surface area contributed by atoms with Crippen LogP contribution in [0.5, 0.6) is 11.5 Å². The van der Waals surface area contributed by atoms with Crippen molar-refractivity contribution in [2.45, 2.75) is 26.4 Å². The van der Waals surface area contributed by atoms with E-state index in [1.165, 1.54) is 12.1 Å². The van der Waals surface area contributed by atoms with E-state index < -0.39 is 0 Å². The Labute approximate surface area is 83.6 Å². The number of ether oxygens (including phenoxy) is 1. The fourth-order valence-electron chi connectivity index (χ4n) is 1.02. The highest BCUT2D eigenvalue weighted by Crippen LogP contribution is 2.25. The van der Waals surface area contributed by atoms with Gasteiger partial charge in [-0.05, 0) is 32.9 Å². The van der Waals surface area contributed by atoms with Gasteiger partial charge in [0.05, 0.1) is 5.56 Å². The van der Waals surface area contributed by atoms with Crippen molar-refractivity contribution in [2.24, 2.45) is 0 Å². The minimum atomic E-state index is -0.345. The Morgan fingerprint density at radius 2 is 2.00 bits per heavy atom. The first-order chi connectivity index (χ1) is 6.42. The fourth-order valence-corrected chi connectivity index (χ4v) is 1.02. The lowest BCUT2D eigenvalue weighted by molar-refractivity contribution is 0.130. The summed E-state index contributed by atoms with van der Waals surface area (Å²) < 4.78 is 5.55. The second kappa shape index (κ2) is 3.59. The smallest absolute Gasteiger partial charge is 0.138 e. The molecule has 1 aromatic rings. The van der Waals surface area contributed by atoms with E-state index in [1.807, 2.05) is 26.8 Å². The average molecular weight is 191 g/mol. The molecule has 0 unspecified atom stereocenters.